The Morgan fingerprint density at radius 3 is 2.26 bits per heavy atom. The van der Waals surface area contributed by atoms with Crippen molar-refractivity contribution in [1.82, 2.24) is 10.0 Å². The smallest absolute Gasteiger partial charge is 0.252 e. The van der Waals surface area contributed by atoms with Gasteiger partial charge in [0.05, 0.1) is 13.2 Å². The van der Waals surface area contributed by atoms with Crippen LogP contribution in [0.2, 0.25) is 0 Å². The molecular weight excluding hydrogens is 455 g/mol. The lowest BCUT2D eigenvalue weighted by atomic mass is 9.98. The van der Waals surface area contributed by atoms with E-state index in [9.17, 15) is 17.6 Å². The molecule has 6 nitrogen and oxygen atoms in total. The summed E-state index contributed by atoms with van der Waals surface area (Å²) >= 11 is 0. The molecule has 1 atom stereocenters. The van der Waals surface area contributed by atoms with Crippen molar-refractivity contribution in [1.29, 1.82) is 0 Å². The first kappa shape index (κ1) is 23.9. The van der Waals surface area contributed by atoms with Crippen molar-refractivity contribution in [3.8, 4) is 5.75 Å². The number of methoxy groups -OCH3 is 1. The van der Waals surface area contributed by atoms with E-state index in [1.54, 1.807) is 12.1 Å². The monoisotopic (exact) mass is 482 g/mol. The van der Waals surface area contributed by atoms with Crippen LogP contribution in [0.25, 0.3) is 0 Å². The number of hydrogen-bond donors (Lipinski definition) is 2. The molecule has 3 aromatic rings. The Bertz CT molecular complexity index is 1240. The molecule has 1 unspecified atom stereocenters. The van der Waals surface area contributed by atoms with Gasteiger partial charge in [-0.1, -0.05) is 55.3 Å². The van der Waals surface area contributed by atoms with E-state index < -0.39 is 22.0 Å². The van der Waals surface area contributed by atoms with Crippen LogP contribution in [0.5, 0.6) is 5.75 Å². The van der Waals surface area contributed by atoms with E-state index in [2.05, 4.69) is 10.0 Å². The maximum atomic E-state index is 13.5. The Kier molecular flexibility index (Phi) is 7.29. The summed E-state index contributed by atoms with van der Waals surface area (Å²) in [7, 11) is -2.48. The third-order valence-electron chi connectivity index (χ3n) is 6.00. The van der Waals surface area contributed by atoms with Gasteiger partial charge in [-0.05, 0) is 54.3 Å². The Labute approximate surface area is 199 Å². The second kappa shape index (κ2) is 10.4. The molecule has 0 saturated heterocycles. The van der Waals surface area contributed by atoms with Crippen molar-refractivity contribution in [2.75, 3.05) is 7.11 Å². The van der Waals surface area contributed by atoms with E-state index in [0.29, 0.717) is 5.56 Å². The zero-order valence-electron chi connectivity index (χ0n) is 18.8. The third kappa shape index (κ3) is 5.46. The van der Waals surface area contributed by atoms with Crippen molar-refractivity contribution in [2.45, 2.75) is 42.7 Å². The largest absolute Gasteiger partial charge is 0.495 e. The van der Waals surface area contributed by atoms with Crippen molar-refractivity contribution < 1.29 is 22.3 Å². The summed E-state index contributed by atoms with van der Waals surface area (Å²) in [5, 5.41) is 2.96. The second-order valence-electron chi connectivity index (χ2n) is 8.34. The van der Waals surface area contributed by atoms with Crippen LogP contribution in [0.1, 0.15) is 53.2 Å². The summed E-state index contributed by atoms with van der Waals surface area (Å²) in [6.45, 7) is 0. The fraction of sp³-hybridized carbons (Fsp3) is 0.269. The molecule has 0 aliphatic heterocycles. The maximum absolute atomic E-state index is 13.5. The first-order valence-corrected chi connectivity index (χ1v) is 12.7. The number of carbonyl (C=O) groups excluding carboxylic acids is 1. The molecule has 3 aromatic carbocycles. The average Bonchev–Trinajstić information content (AvgIpc) is 3.35. The number of hydrogen-bond acceptors (Lipinski definition) is 4. The minimum absolute atomic E-state index is 0.0763. The van der Waals surface area contributed by atoms with E-state index in [1.807, 2.05) is 30.3 Å². The van der Waals surface area contributed by atoms with Crippen LogP contribution in [0, 0.1) is 5.82 Å². The summed E-state index contributed by atoms with van der Waals surface area (Å²) in [5.41, 5.74) is 1.69. The lowest BCUT2D eigenvalue weighted by molar-refractivity contribution is 0.0942. The van der Waals surface area contributed by atoms with Gasteiger partial charge in [-0.25, -0.2) is 17.5 Å². The van der Waals surface area contributed by atoms with Crippen LogP contribution in [0.3, 0.4) is 0 Å². The predicted molar refractivity (Wildman–Crippen MR) is 128 cm³/mol. The van der Waals surface area contributed by atoms with E-state index in [0.717, 1.165) is 31.2 Å². The molecule has 34 heavy (non-hydrogen) atoms. The van der Waals surface area contributed by atoms with Gasteiger partial charge in [0.15, 0.2) is 0 Å². The highest BCUT2D eigenvalue weighted by molar-refractivity contribution is 7.89. The van der Waals surface area contributed by atoms with Gasteiger partial charge in [0.25, 0.3) is 5.91 Å². The van der Waals surface area contributed by atoms with E-state index in [4.69, 9.17) is 4.74 Å². The molecule has 8 heteroatoms. The quantitative estimate of drug-likeness (QED) is 0.493. The Morgan fingerprint density at radius 1 is 0.971 bits per heavy atom. The molecule has 4 rings (SSSR count). The van der Waals surface area contributed by atoms with Gasteiger partial charge < -0.3 is 10.1 Å². The SMILES string of the molecule is COc1ccc(C(=O)NC(c2ccccc2)c2ccc(F)cc2)cc1S(=O)(=O)NC1CCCC1. The molecule has 2 N–H and O–H groups in total. The first-order valence-electron chi connectivity index (χ1n) is 11.2. The van der Waals surface area contributed by atoms with E-state index in [1.165, 1.54) is 37.4 Å². The lowest BCUT2D eigenvalue weighted by Crippen LogP contribution is -2.33. The van der Waals surface area contributed by atoms with Crippen LogP contribution in [-0.4, -0.2) is 27.5 Å². The topological polar surface area (TPSA) is 84.5 Å². The predicted octanol–water partition coefficient (Wildman–Crippen LogP) is 4.57. The van der Waals surface area contributed by atoms with Crippen LogP contribution in [0.15, 0.2) is 77.7 Å². The standard InChI is InChI=1S/C26H27FN2O4S/c1-33-23-16-13-20(17-24(23)34(31,32)29-22-9-5-6-10-22)26(30)28-25(18-7-3-2-4-8-18)19-11-14-21(27)15-12-19/h2-4,7-8,11-17,22,25,29H,5-6,9-10H2,1H3,(H,28,30). The normalized spacial score (nSPS) is 15.1. The summed E-state index contributed by atoms with van der Waals surface area (Å²) < 4.78 is 47.7. The number of sulfonamides is 1. The van der Waals surface area contributed by atoms with Crippen molar-refractivity contribution in [3.05, 3.63) is 95.3 Å². The summed E-state index contributed by atoms with van der Waals surface area (Å²) in [4.78, 5) is 13.2. The van der Waals surface area contributed by atoms with Crippen molar-refractivity contribution >= 4 is 15.9 Å². The second-order valence-corrected chi connectivity index (χ2v) is 10.0. The Morgan fingerprint density at radius 2 is 1.62 bits per heavy atom. The number of nitrogens with one attached hydrogen (secondary N) is 2. The molecule has 1 aliphatic rings. The molecular formula is C26H27FN2O4S. The third-order valence-corrected chi connectivity index (χ3v) is 7.55. The van der Waals surface area contributed by atoms with Gasteiger partial charge in [0.1, 0.15) is 16.5 Å². The maximum Gasteiger partial charge on any atom is 0.252 e. The Balaban J connectivity index is 1.64. The van der Waals surface area contributed by atoms with Crippen LogP contribution < -0.4 is 14.8 Å². The fourth-order valence-electron chi connectivity index (χ4n) is 4.23. The number of amides is 1. The molecule has 0 radical (unpaired) electrons. The minimum Gasteiger partial charge on any atom is -0.495 e. The van der Waals surface area contributed by atoms with Crippen LogP contribution in [0.4, 0.5) is 4.39 Å². The molecule has 178 valence electrons. The molecule has 1 fully saturated rings. The van der Waals surface area contributed by atoms with Crippen LogP contribution in [-0.2, 0) is 10.0 Å². The van der Waals surface area contributed by atoms with Gasteiger partial charge in [-0.3, -0.25) is 4.79 Å². The summed E-state index contributed by atoms with van der Waals surface area (Å²) in [5.74, 6) is -0.667. The lowest BCUT2D eigenvalue weighted by Gasteiger charge is -2.21. The molecule has 0 heterocycles. The van der Waals surface area contributed by atoms with E-state index >= 15 is 0 Å². The number of benzene rings is 3. The number of halogens is 1. The number of ether oxygens (including phenoxy) is 1. The van der Waals surface area contributed by atoms with Gasteiger partial charge in [0.2, 0.25) is 10.0 Å². The number of rotatable bonds is 8. The van der Waals surface area contributed by atoms with E-state index in [-0.39, 0.29) is 28.1 Å². The van der Waals surface area contributed by atoms with Crippen LogP contribution >= 0.6 is 0 Å². The van der Waals surface area contributed by atoms with Gasteiger partial charge in [0, 0.05) is 11.6 Å². The molecule has 1 amide bonds. The molecule has 0 aromatic heterocycles. The average molecular weight is 483 g/mol. The highest BCUT2D eigenvalue weighted by Gasteiger charge is 2.27. The molecule has 1 aliphatic carbocycles. The van der Waals surface area contributed by atoms with Gasteiger partial charge >= 0.3 is 0 Å². The summed E-state index contributed by atoms with van der Waals surface area (Å²) in [6.07, 6.45) is 3.55. The molecule has 0 bridgehead atoms. The molecule has 0 spiro atoms. The highest BCUT2D eigenvalue weighted by Crippen LogP contribution is 2.28. The number of carbonyl (C=O) groups is 1. The molecule has 1 saturated carbocycles. The fourth-order valence-corrected chi connectivity index (χ4v) is 5.73. The first-order chi connectivity index (χ1) is 16.4. The van der Waals surface area contributed by atoms with Gasteiger partial charge in [-0.15, -0.1) is 0 Å². The van der Waals surface area contributed by atoms with Gasteiger partial charge in [-0.2, -0.15) is 0 Å². The Hall–Kier alpha value is -3.23. The zero-order valence-corrected chi connectivity index (χ0v) is 19.6. The minimum atomic E-state index is -3.88. The summed E-state index contributed by atoms with van der Waals surface area (Å²) in [6, 6.07) is 18.9. The zero-order chi connectivity index (χ0) is 24.1. The van der Waals surface area contributed by atoms with Crippen molar-refractivity contribution in [2.24, 2.45) is 0 Å². The highest BCUT2D eigenvalue weighted by atomic mass is 32.2. The van der Waals surface area contributed by atoms with Crippen molar-refractivity contribution in [3.63, 3.8) is 0 Å².